The van der Waals surface area contributed by atoms with Crippen LogP contribution in [0.2, 0.25) is 10.0 Å². The number of hydrogen-bond acceptors (Lipinski definition) is 2. The van der Waals surface area contributed by atoms with E-state index in [0.29, 0.717) is 22.3 Å². The molecule has 0 aliphatic rings. The number of carbonyl (C=O) groups is 1. The van der Waals surface area contributed by atoms with Gasteiger partial charge >= 0.3 is 0 Å². The number of benzene rings is 2. The maximum atomic E-state index is 12.0. The van der Waals surface area contributed by atoms with Gasteiger partial charge < -0.3 is 15.6 Å². The number of aromatic nitrogens is 1. The van der Waals surface area contributed by atoms with Crippen molar-refractivity contribution in [2.75, 3.05) is 18.4 Å². The Morgan fingerprint density at radius 1 is 1.08 bits per heavy atom. The van der Waals surface area contributed by atoms with Crippen LogP contribution in [-0.2, 0) is 11.2 Å². The molecule has 0 saturated heterocycles. The minimum Gasteiger partial charge on any atom is -0.361 e. The van der Waals surface area contributed by atoms with E-state index < -0.39 is 0 Å². The molecule has 1 aromatic heterocycles. The number of anilines is 1. The predicted molar refractivity (Wildman–Crippen MR) is 100.0 cm³/mol. The summed E-state index contributed by atoms with van der Waals surface area (Å²) in [6.07, 6.45) is 2.85. The van der Waals surface area contributed by atoms with Crippen LogP contribution < -0.4 is 10.6 Å². The van der Waals surface area contributed by atoms with Gasteiger partial charge in [0, 0.05) is 17.1 Å². The van der Waals surface area contributed by atoms with Gasteiger partial charge in [-0.1, -0.05) is 47.5 Å². The van der Waals surface area contributed by atoms with Crippen LogP contribution >= 0.6 is 23.2 Å². The topological polar surface area (TPSA) is 56.9 Å². The van der Waals surface area contributed by atoms with Crippen molar-refractivity contribution in [3.8, 4) is 0 Å². The Hall–Kier alpha value is -2.01. The van der Waals surface area contributed by atoms with Crippen molar-refractivity contribution >= 4 is 45.7 Å². The first-order chi connectivity index (χ1) is 11.6. The molecule has 2 aromatic carbocycles. The van der Waals surface area contributed by atoms with Crippen molar-refractivity contribution in [3.05, 3.63) is 64.3 Å². The van der Waals surface area contributed by atoms with Crippen LogP contribution in [0, 0.1) is 0 Å². The summed E-state index contributed by atoms with van der Waals surface area (Å²) in [4.78, 5) is 15.2. The highest BCUT2D eigenvalue weighted by atomic mass is 35.5. The van der Waals surface area contributed by atoms with E-state index in [1.165, 1.54) is 10.9 Å². The smallest absolute Gasteiger partial charge is 0.238 e. The standard InChI is InChI=1S/C18H17Cl2N3O/c19-14-5-3-7-16(18(14)20)23-17(24)11-21-9-8-12-10-22-15-6-2-1-4-13(12)15/h1-7,10,21-22H,8-9,11H2,(H,23,24). The second-order valence-corrected chi connectivity index (χ2v) is 6.22. The SMILES string of the molecule is O=C(CNCCc1c[nH]c2ccccc12)Nc1cccc(Cl)c1Cl. The Kier molecular flexibility index (Phi) is 5.41. The molecular weight excluding hydrogens is 345 g/mol. The Balaban J connectivity index is 1.48. The molecule has 0 atom stereocenters. The number of halogens is 2. The number of carbonyl (C=O) groups excluding carboxylic acids is 1. The zero-order valence-corrected chi connectivity index (χ0v) is 14.4. The Labute approximate surface area is 150 Å². The monoisotopic (exact) mass is 361 g/mol. The first kappa shape index (κ1) is 16.8. The Morgan fingerprint density at radius 3 is 2.79 bits per heavy atom. The molecule has 0 saturated carbocycles. The second-order valence-electron chi connectivity index (χ2n) is 5.44. The molecule has 0 spiro atoms. The highest BCUT2D eigenvalue weighted by Gasteiger charge is 2.08. The molecular formula is C18H17Cl2N3O. The molecule has 3 aromatic rings. The Morgan fingerprint density at radius 2 is 1.92 bits per heavy atom. The van der Waals surface area contributed by atoms with E-state index in [4.69, 9.17) is 23.2 Å². The number of hydrogen-bond donors (Lipinski definition) is 3. The van der Waals surface area contributed by atoms with Crippen LogP contribution in [0.3, 0.4) is 0 Å². The molecule has 0 aliphatic carbocycles. The van der Waals surface area contributed by atoms with Gasteiger partial charge in [0.2, 0.25) is 5.91 Å². The van der Waals surface area contributed by atoms with E-state index in [1.807, 2.05) is 18.3 Å². The number of nitrogens with one attached hydrogen (secondary N) is 3. The van der Waals surface area contributed by atoms with Gasteiger partial charge in [-0.05, 0) is 36.7 Å². The fourth-order valence-electron chi connectivity index (χ4n) is 2.56. The van der Waals surface area contributed by atoms with E-state index >= 15 is 0 Å². The molecule has 24 heavy (non-hydrogen) atoms. The zero-order chi connectivity index (χ0) is 16.9. The third-order valence-corrected chi connectivity index (χ3v) is 4.58. The first-order valence-electron chi connectivity index (χ1n) is 7.65. The number of rotatable bonds is 6. The van der Waals surface area contributed by atoms with Gasteiger partial charge in [-0.3, -0.25) is 4.79 Å². The summed E-state index contributed by atoms with van der Waals surface area (Å²) in [5.74, 6) is -0.155. The molecule has 3 N–H and O–H groups in total. The van der Waals surface area contributed by atoms with Gasteiger partial charge in [0.25, 0.3) is 0 Å². The third-order valence-electron chi connectivity index (χ3n) is 3.76. The van der Waals surface area contributed by atoms with Gasteiger partial charge in [-0.15, -0.1) is 0 Å². The van der Waals surface area contributed by atoms with Gasteiger partial charge in [0.1, 0.15) is 0 Å². The summed E-state index contributed by atoms with van der Waals surface area (Å²) in [5.41, 5.74) is 2.88. The van der Waals surface area contributed by atoms with Crippen molar-refractivity contribution in [3.63, 3.8) is 0 Å². The third kappa shape index (κ3) is 3.90. The molecule has 4 nitrogen and oxygen atoms in total. The van der Waals surface area contributed by atoms with Crippen LogP contribution in [0.5, 0.6) is 0 Å². The van der Waals surface area contributed by atoms with E-state index in [0.717, 1.165) is 11.9 Å². The van der Waals surface area contributed by atoms with Crippen LogP contribution in [0.15, 0.2) is 48.7 Å². The van der Waals surface area contributed by atoms with Crippen molar-refractivity contribution in [1.82, 2.24) is 10.3 Å². The van der Waals surface area contributed by atoms with Gasteiger partial charge in [-0.2, -0.15) is 0 Å². The summed E-state index contributed by atoms with van der Waals surface area (Å²) >= 11 is 12.0. The second kappa shape index (κ2) is 7.71. The van der Waals surface area contributed by atoms with Gasteiger partial charge in [-0.25, -0.2) is 0 Å². The van der Waals surface area contributed by atoms with Crippen LogP contribution in [-0.4, -0.2) is 24.0 Å². The number of para-hydroxylation sites is 1. The quantitative estimate of drug-likeness (QED) is 0.575. The lowest BCUT2D eigenvalue weighted by atomic mass is 10.1. The average Bonchev–Trinajstić information content (AvgIpc) is 2.99. The van der Waals surface area contributed by atoms with Crippen LogP contribution in [0.25, 0.3) is 10.9 Å². The summed E-state index contributed by atoms with van der Waals surface area (Å²) in [6, 6.07) is 13.3. The van der Waals surface area contributed by atoms with Crippen LogP contribution in [0.1, 0.15) is 5.56 Å². The molecule has 0 fully saturated rings. The van der Waals surface area contributed by atoms with Crippen molar-refractivity contribution in [1.29, 1.82) is 0 Å². The predicted octanol–water partition coefficient (Wildman–Crippen LogP) is 4.25. The molecule has 0 radical (unpaired) electrons. The lowest BCUT2D eigenvalue weighted by Gasteiger charge is -2.09. The van der Waals surface area contributed by atoms with Crippen molar-refractivity contribution < 1.29 is 4.79 Å². The zero-order valence-electron chi connectivity index (χ0n) is 12.9. The molecule has 0 aliphatic heterocycles. The highest BCUT2D eigenvalue weighted by Crippen LogP contribution is 2.29. The highest BCUT2D eigenvalue weighted by molar-refractivity contribution is 6.44. The minimum atomic E-state index is -0.155. The van der Waals surface area contributed by atoms with Gasteiger partial charge in [0.15, 0.2) is 0 Å². The largest absolute Gasteiger partial charge is 0.361 e. The van der Waals surface area contributed by atoms with Crippen LogP contribution in [0.4, 0.5) is 5.69 Å². The molecule has 1 amide bonds. The first-order valence-corrected chi connectivity index (χ1v) is 8.40. The summed E-state index contributed by atoms with van der Waals surface area (Å²) < 4.78 is 0. The maximum absolute atomic E-state index is 12.0. The molecule has 3 rings (SSSR count). The summed E-state index contributed by atoms with van der Waals surface area (Å²) in [7, 11) is 0. The van der Waals surface area contributed by atoms with E-state index in [2.05, 4.69) is 27.8 Å². The van der Waals surface area contributed by atoms with Gasteiger partial charge in [0.05, 0.1) is 22.3 Å². The molecule has 0 unspecified atom stereocenters. The number of fused-ring (bicyclic) bond motifs is 1. The summed E-state index contributed by atoms with van der Waals surface area (Å²) in [6.45, 7) is 0.920. The normalized spacial score (nSPS) is 10.9. The Bertz CT molecular complexity index is 860. The number of aromatic amines is 1. The average molecular weight is 362 g/mol. The van der Waals surface area contributed by atoms with Crippen molar-refractivity contribution in [2.45, 2.75) is 6.42 Å². The van der Waals surface area contributed by atoms with E-state index in [1.54, 1.807) is 18.2 Å². The lowest BCUT2D eigenvalue weighted by molar-refractivity contribution is -0.115. The van der Waals surface area contributed by atoms with E-state index in [9.17, 15) is 4.79 Å². The maximum Gasteiger partial charge on any atom is 0.238 e. The lowest BCUT2D eigenvalue weighted by Crippen LogP contribution is -2.29. The fourth-order valence-corrected chi connectivity index (χ4v) is 2.91. The molecule has 0 bridgehead atoms. The molecule has 6 heteroatoms. The number of H-pyrrole nitrogens is 1. The molecule has 1 heterocycles. The van der Waals surface area contributed by atoms with E-state index in [-0.39, 0.29) is 12.5 Å². The molecule has 124 valence electrons. The minimum absolute atomic E-state index is 0.155. The number of amides is 1. The fraction of sp³-hybridized carbons (Fsp3) is 0.167. The summed E-state index contributed by atoms with van der Waals surface area (Å²) in [5, 5.41) is 7.88. The van der Waals surface area contributed by atoms with Crippen molar-refractivity contribution in [2.24, 2.45) is 0 Å².